The molecule has 4 aromatic rings. The number of hydrogen-bond acceptors (Lipinski definition) is 3. The largest absolute Gasteiger partial charge is 0.434 e. The Bertz CT molecular complexity index is 1440. The number of hydrogen-bond donors (Lipinski definition) is 1. The first-order valence-corrected chi connectivity index (χ1v) is 12.9. The van der Waals surface area contributed by atoms with Crippen molar-refractivity contribution in [1.82, 2.24) is 9.97 Å². The Morgan fingerprint density at radius 2 is 1.91 bits per heavy atom. The van der Waals surface area contributed by atoms with Gasteiger partial charge in [0.1, 0.15) is 22.9 Å². The van der Waals surface area contributed by atoms with E-state index in [1.807, 2.05) is 0 Å². The highest BCUT2D eigenvalue weighted by Crippen LogP contribution is 2.43. The van der Waals surface area contributed by atoms with Gasteiger partial charge >= 0.3 is 6.61 Å². The van der Waals surface area contributed by atoms with Crippen molar-refractivity contribution in [3.8, 4) is 16.9 Å². The lowest BCUT2D eigenvalue weighted by molar-refractivity contribution is -0.0494. The first kappa shape index (κ1) is 24.2. The fourth-order valence-corrected chi connectivity index (χ4v) is 6.03. The summed E-state index contributed by atoms with van der Waals surface area (Å²) in [6.07, 6.45) is 2.30. The zero-order chi connectivity index (χ0) is 24.7. The number of H-pyrrole nitrogens is 1. The van der Waals surface area contributed by atoms with Crippen LogP contribution >= 0.6 is 23.2 Å². The maximum Gasteiger partial charge on any atom is 0.387 e. The quantitative estimate of drug-likeness (QED) is 0.254. The van der Waals surface area contributed by atoms with Crippen LogP contribution in [0.2, 0.25) is 10.0 Å². The molecular formula is C25H19Cl2F3N2O2S. The number of halogens is 5. The van der Waals surface area contributed by atoms with E-state index >= 15 is 0 Å². The number of aromatic amines is 1. The van der Waals surface area contributed by atoms with Crippen molar-refractivity contribution in [2.45, 2.75) is 30.8 Å². The summed E-state index contributed by atoms with van der Waals surface area (Å²) in [4.78, 5) is 8.08. The van der Waals surface area contributed by atoms with Crippen molar-refractivity contribution in [3.05, 3.63) is 75.8 Å². The average molecular weight is 539 g/mol. The van der Waals surface area contributed by atoms with E-state index in [0.29, 0.717) is 50.1 Å². The molecule has 182 valence electrons. The maximum atomic E-state index is 14.8. The molecule has 1 N–H and O–H groups in total. The van der Waals surface area contributed by atoms with Crippen LogP contribution in [0.15, 0.2) is 53.4 Å². The molecule has 0 aliphatic heterocycles. The summed E-state index contributed by atoms with van der Waals surface area (Å²) in [6.45, 7) is -3.01. The number of rotatable bonds is 8. The molecule has 1 unspecified atom stereocenters. The molecule has 1 saturated carbocycles. The highest BCUT2D eigenvalue weighted by molar-refractivity contribution is 7.85. The summed E-state index contributed by atoms with van der Waals surface area (Å²) in [7, 11) is -1.21. The minimum Gasteiger partial charge on any atom is -0.434 e. The van der Waals surface area contributed by atoms with Crippen LogP contribution in [0.4, 0.5) is 13.2 Å². The Balaban J connectivity index is 1.46. The van der Waals surface area contributed by atoms with Gasteiger partial charge in [-0.15, -0.1) is 0 Å². The van der Waals surface area contributed by atoms with Crippen LogP contribution < -0.4 is 4.74 Å². The standard InChI is InChI=1S/C25H19Cl2F3N2O2S/c26-17-11-19-24(23(27)22(17)16-3-1-2-4-20(16)34-25(29)30)32-21(31-19)9-14-7-8-15(10-18(14)28)35(33)12-13-5-6-13/h1-4,7-8,10-11,13,25H,5-6,9,12H2,(H,31,32). The average Bonchev–Trinajstić information content (AvgIpc) is 3.53. The number of ether oxygens (including phenoxy) is 1. The number of benzene rings is 3. The molecule has 1 aliphatic rings. The van der Waals surface area contributed by atoms with Crippen molar-refractivity contribution in [2.75, 3.05) is 5.75 Å². The number of aromatic nitrogens is 2. The fourth-order valence-electron chi connectivity index (χ4n) is 3.92. The predicted octanol–water partition coefficient (Wildman–Crippen LogP) is 7.39. The molecule has 4 nitrogen and oxygen atoms in total. The smallest absolute Gasteiger partial charge is 0.387 e. The van der Waals surface area contributed by atoms with Crippen LogP contribution in [0.25, 0.3) is 22.2 Å². The van der Waals surface area contributed by atoms with E-state index in [2.05, 4.69) is 14.7 Å². The molecule has 0 spiro atoms. The Kier molecular flexibility index (Phi) is 6.79. The Morgan fingerprint density at radius 1 is 1.14 bits per heavy atom. The van der Waals surface area contributed by atoms with E-state index in [0.717, 1.165) is 12.8 Å². The van der Waals surface area contributed by atoms with Gasteiger partial charge in [0.25, 0.3) is 0 Å². The third kappa shape index (κ3) is 5.20. The molecule has 10 heteroatoms. The van der Waals surface area contributed by atoms with Gasteiger partial charge in [0, 0.05) is 28.2 Å². The lowest BCUT2D eigenvalue weighted by atomic mass is 10.0. The zero-order valence-corrected chi connectivity index (χ0v) is 20.5. The molecule has 5 rings (SSSR count). The minimum atomic E-state index is -3.01. The van der Waals surface area contributed by atoms with Crippen LogP contribution in [-0.2, 0) is 17.2 Å². The third-order valence-electron chi connectivity index (χ3n) is 5.82. The van der Waals surface area contributed by atoms with Gasteiger partial charge in [-0.25, -0.2) is 9.37 Å². The van der Waals surface area contributed by atoms with Gasteiger partial charge < -0.3 is 9.72 Å². The van der Waals surface area contributed by atoms with Gasteiger partial charge in [-0.1, -0.05) is 47.5 Å². The molecule has 0 bridgehead atoms. The van der Waals surface area contributed by atoms with Gasteiger partial charge in [-0.2, -0.15) is 8.78 Å². The van der Waals surface area contributed by atoms with E-state index in [9.17, 15) is 17.4 Å². The summed E-state index contributed by atoms with van der Waals surface area (Å²) in [6, 6.07) is 12.4. The van der Waals surface area contributed by atoms with Gasteiger partial charge in [-0.3, -0.25) is 4.21 Å². The second kappa shape index (κ2) is 9.84. The monoisotopic (exact) mass is 538 g/mol. The predicted molar refractivity (Wildman–Crippen MR) is 131 cm³/mol. The van der Waals surface area contributed by atoms with E-state index in [-0.39, 0.29) is 22.2 Å². The molecule has 1 aromatic heterocycles. The zero-order valence-electron chi connectivity index (χ0n) is 18.2. The summed E-state index contributed by atoms with van der Waals surface area (Å²) >= 11 is 13.1. The van der Waals surface area contributed by atoms with Crippen molar-refractivity contribution in [2.24, 2.45) is 5.92 Å². The Labute approximate surface area is 211 Å². The maximum absolute atomic E-state index is 14.8. The van der Waals surface area contributed by atoms with E-state index in [4.69, 9.17) is 23.2 Å². The molecule has 0 radical (unpaired) electrons. The van der Waals surface area contributed by atoms with E-state index in [1.165, 1.54) is 12.1 Å². The first-order chi connectivity index (χ1) is 16.8. The van der Waals surface area contributed by atoms with Crippen molar-refractivity contribution >= 4 is 45.0 Å². The van der Waals surface area contributed by atoms with Crippen molar-refractivity contribution < 1.29 is 22.1 Å². The summed E-state index contributed by atoms with van der Waals surface area (Å²) in [5, 5.41) is 0.378. The first-order valence-electron chi connectivity index (χ1n) is 10.9. The highest BCUT2D eigenvalue weighted by atomic mass is 35.5. The molecule has 0 saturated heterocycles. The van der Waals surface area contributed by atoms with E-state index in [1.54, 1.807) is 36.4 Å². The molecule has 35 heavy (non-hydrogen) atoms. The third-order valence-corrected chi connectivity index (χ3v) is 8.04. The lowest BCUT2D eigenvalue weighted by Crippen LogP contribution is -2.03. The Hall–Kier alpha value is -2.55. The number of nitrogens with one attached hydrogen (secondary N) is 1. The van der Waals surface area contributed by atoms with Crippen LogP contribution in [-0.4, -0.2) is 26.5 Å². The molecular weight excluding hydrogens is 520 g/mol. The molecule has 0 amide bonds. The SMILES string of the molecule is O=S(CC1CC1)c1ccc(Cc2nc3c(Cl)c(-c4ccccc4OC(F)F)c(Cl)cc3[nH]2)c(F)c1. The molecule has 1 fully saturated rings. The lowest BCUT2D eigenvalue weighted by Gasteiger charge is -2.13. The number of alkyl halides is 2. The number of nitrogens with zero attached hydrogens (tertiary/aromatic N) is 1. The summed E-state index contributed by atoms with van der Waals surface area (Å²) < 4.78 is 57.6. The second-order valence-electron chi connectivity index (χ2n) is 8.39. The fraction of sp³-hybridized carbons (Fsp3) is 0.240. The van der Waals surface area contributed by atoms with Crippen molar-refractivity contribution in [3.63, 3.8) is 0 Å². The minimum absolute atomic E-state index is 0.0670. The molecule has 3 aromatic carbocycles. The normalized spacial score (nSPS) is 14.6. The second-order valence-corrected chi connectivity index (χ2v) is 10.7. The molecule has 1 aliphatic carbocycles. The number of fused-ring (bicyclic) bond motifs is 1. The molecule has 1 atom stereocenters. The summed E-state index contributed by atoms with van der Waals surface area (Å²) in [5.41, 5.74) is 1.89. The van der Waals surface area contributed by atoms with Crippen LogP contribution in [0, 0.1) is 11.7 Å². The number of para-hydroxylation sites is 1. The van der Waals surface area contributed by atoms with Gasteiger partial charge in [0.2, 0.25) is 0 Å². The van der Waals surface area contributed by atoms with Crippen LogP contribution in [0.3, 0.4) is 0 Å². The van der Waals surface area contributed by atoms with Gasteiger partial charge in [0.15, 0.2) is 0 Å². The highest BCUT2D eigenvalue weighted by Gasteiger charge is 2.25. The summed E-state index contributed by atoms with van der Waals surface area (Å²) in [5.74, 6) is 0.954. The topological polar surface area (TPSA) is 55.0 Å². The van der Waals surface area contributed by atoms with Gasteiger partial charge in [0.05, 0.1) is 26.4 Å². The van der Waals surface area contributed by atoms with E-state index < -0.39 is 23.2 Å². The van der Waals surface area contributed by atoms with Crippen LogP contribution in [0.5, 0.6) is 5.75 Å². The van der Waals surface area contributed by atoms with Crippen molar-refractivity contribution in [1.29, 1.82) is 0 Å². The number of imidazole rings is 1. The molecule has 1 heterocycles. The van der Waals surface area contributed by atoms with Crippen LogP contribution in [0.1, 0.15) is 24.2 Å². The van der Waals surface area contributed by atoms with Gasteiger partial charge in [-0.05, 0) is 48.6 Å². The Morgan fingerprint density at radius 3 is 2.63 bits per heavy atom.